The Hall–Kier alpha value is -1.16. The van der Waals surface area contributed by atoms with E-state index in [9.17, 15) is 0 Å². The monoisotopic (exact) mass is 491 g/mol. The van der Waals surface area contributed by atoms with E-state index in [1.54, 1.807) is 11.3 Å². The molecule has 2 heterocycles. The van der Waals surface area contributed by atoms with Crippen LogP contribution in [0.2, 0.25) is 0 Å². The molecule has 2 N–H and O–H groups in total. The molecule has 0 atom stereocenters. The van der Waals surface area contributed by atoms with E-state index in [0.717, 1.165) is 42.6 Å². The third kappa shape index (κ3) is 7.22. The van der Waals surface area contributed by atoms with Crippen molar-refractivity contribution in [3.63, 3.8) is 0 Å². The summed E-state index contributed by atoms with van der Waals surface area (Å²) in [6.45, 7) is 12.7. The number of halogens is 1. The molecule has 0 aromatic carbocycles. The van der Waals surface area contributed by atoms with Gasteiger partial charge in [0.2, 0.25) is 0 Å². The smallest absolute Gasteiger partial charge is 0.191 e. The molecule has 0 aliphatic carbocycles. The van der Waals surface area contributed by atoms with Crippen LogP contribution in [0.3, 0.4) is 0 Å². The molecule has 0 aliphatic rings. The largest absolute Gasteiger partial charge is 0.359 e. The van der Waals surface area contributed by atoms with Crippen molar-refractivity contribution >= 4 is 41.3 Å². The normalized spacial score (nSPS) is 11.7. The Bertz CT molecular complexity index is 681. The molecule has 8 heteroatoms. The maximum Gasteiger partial charge on any atom is 0.191 e. The molecule has 0 radical (unpaired) electrons. The van der Waals surface area contributed by atoms with Crippen molar-refractivity contribution in [3.05, 3.63) is 33.6 Å². The summed E-state index contributed by atoms with van der Waals surface area (Å²) in [5.74, 6) is 2.41. The van der Waals surface area contributed by atoms with Crippen molar-refractivity contribution in [2.24, 2.45) is 4.99 Å². The van der Waals surface area contributed by atoms with E-state index >= 15 is 0 Å². The third-order valence-electron chi connectivity index (χ3n) is 3.64. The van der Waals surface area contributed by atoms with Gasteiger partial charge in [-0.15, -0.1) is 35.3 Å². The van der Waals surface area contributed by atoms with Crippen LogP contribution in [0.25, 0.3) is 0 Å². The van der Waals surface area contributed by atoms with Crippen molar-refractivity contribution in [3.8, 4) is 0 Å². The van der Waals surface area contributed by atoms with Gasteiger partial charge in [-0.3, -0.25) is 0 Å². The maximum atomic E-state index is 5.33. The minimum Gasteiger partial charge on any atom is -0.359 e. The second-order valence-corrected chi connectivity index (χ2v) is 7.47. The van der Waals surface area contributed by atoms with E-state index in [4.69, 9.17) is 4.52 Å². The van der Waals surface area contributed by atoms with Gasteiger partial charge in [-0.05, 0) is 12.8 Å². The van der Waals surface area contributed by atoms with Crippen LogP contribution in [0.5, 0.6) is 0 Å². The van der Waals surface area contributed by atoms with Gasteiger partial charge in [0.05, 0.1) is 16.4 Å². The van der Waals surface area contributed by atoms with Gasteiger partial charge in [-0.1, -0.05) is 32.9 Å². The fourth-order valence-corrected chi connectivity index (χ4v) is 3.06. The van der Waals surface area contributed by atoms with Crippen molar-refractivity contribution in [1.29, 1.82) is 0 Å². The Morgan fingerprint density at radius 2 is 2.00 bits per heavy atom. The predicted octanol–water partition coefficient (Wildman–Crippen LogP) is 4.29. The zero-order valence-corrected chi connectivity index (χ0v) is 19.4. The maximum absolute atomic E-state index is 5.33. The highest BCUT2D eigenvalue weighted by atomic mass is 127. The molecule has 6 nitrogen and oxygen atoms in total. The highest BCUT2D eigenvalue weighted by Gasteiger charge is 2.08. The number of thiazole rings is 1. The number of aliphatic imine (C=N–C) groups is 1. The first kappa shape index (κ1) is 22.9. The van der Waals surface area contributed by atoms with Crippen molar-refractivity contribution in [2.75, 3.05) is 13.1 Å². The minimum absolute atomic E-state index is 0. The molecule has 0 amide bonds. The summed E-state index contributed by atoms with van der Waals surface area (Å²) in [6.07, 6.45) is 0.882. The molecule has 2 aromatic rings. The topological polar surface area (TPSA) is 75.3 Å². The average molecular weight is 491 g/mol. The molecule has 26 heavy (non-hydrogen) atoms. The van der Waals surface area contributed by atoms with Crippen LogP contribution in [0.15, 0.2) is 21.0 Å². The number of nitrogens with zero attached hydrogens (tertiary/aromatic N) is 3. The molecule has 0 saturated heterocycles. The summed E-state index contributed by atoms with van der Waals surface area (Å²) < 4.78 is 5.33. The third-order valence-corrected chi connectivity index (χ3v) is 4.84. The minimum atomic E-state index is 0. The molecule has 2 rings (SSSR count). The SMILES string of the molecule is CCNC(=NCc1cc(C(C)C)no1)NCCc1csc(C(C)C)n1.I. The van der Waals surface area contributed by atoms with E-state index in [-0.39, 0.29) is 24.0 Å². The number of rotatable bonds is 8. The molecular formula is C18H30IN5OS. The number of aromatic nitrogens is 2. The molecule has 0 saturated carbocycles. The molecule has 0 bridgehead atoms. The summed E-state index contributed by atoms with van der Waals surface area (Å²) in [5.41, 5.74) is 2.10. The first-order valence-electron chi connectivity index (χ1n) is 8.91. The van der Waals surface area contributed by atoms with E-state index in [1.165, 1.54) is 5.01 Å². The highest BCUT2D eigenvalue weighted by Crippen LogP contribution is 2.19. The number of hydrogen-bond acceptors (Lipinski definition) is 5. The van der Waals surface area contributed by atoms with Crippen LogP contribution in [0, 0.1) is 0 Å². The standard InChI is InChI=1S/C18H29N5OS.HI/c1-6-19-18(21-10-15-9-16(12(2)3)23-24-15)20-8-7-14-11-25-17(22-14)13(4)5;/h9,11-13H,6-8,10H2,1-5H3,(H2,19,20,21);1H. The Balaban J connectivity index is 0.00000338. The van der Waals surface area contributed by atoms with Gasteiger partial charge in [0.25, 0.3) is 0 Å². The van der Waals surface area contributed by atoms with E-state index in [0.29, 0.717) is 18.4 Å². The zero-order chi connectivity index (χ0) is 18.2. The van der Waals surface area contributed by atoms with E-state index < -0.39 is 0 Å². The second-order valence-electron chi connectivity index (χ2n) is 6.58. The Morgan fingerprint density at radius 1 is 1.23 bits per heavy atom. The fourth-order valence-electron chi connectivity index (χ4n) is 2.19. The quantitative estimate of drug-likeness (QED) is 0.327. The lowest BCUT2D eigenvalue weighted by Crippen LogP contribution is -2.38. The first-order chi connectivity index (χ1) is 12.0. The second kappa shape index (κ2) is 11.5. The molecular weight excluding hydrogens is 461 g/mol. The lowest BCUT2D eigenvalue weighted by molar-refractivity contribution is 0.376. The van der Waals surface area contributed by atoms with Gasteiger partial charge >= 0.3 is 0 Å². The predicted molar refractivity (Wildman–Crippen MR) is 119 cm³/mol. The van der Waals surface area contributed by atoms with Crippen LogP contribution in [-0.2, 0) is 13.0 Å². The Labute approximate surface area is 177 Å². The van der Waals surface area contributed by atoms with Crippen molar-refractivity contribution in [2.45, 2.75) is 59.4 Å². The van der Waals surface area contributed by atoms with Crippen LogP contribution in [0.1, 0.15) is 68.6 Å². The summed E-state index contributed by atoms with van der Waals surface area (Å²) in [7, 11) is 0. The van der Waals surface area contributed by atoms with Gasteiger partial charge in [0, 0.05) is 36.9 Å². The first-order valence-corrected chi connectivity index (χ1v) is 9.79. The molecule has 0 spiro atoms. The van der Waals surface area contributed by atoms with Gasteiger partial charge in [-0.2, -0.15) is 0 Å². The zero-order valence-electron chi connectivity index (χ0n) is 16.2. The Morgan fingerprint density at radius 3 is 2.58 bits per heavy atom. The molecule has 0 unspecified atom stereocenters. The lowest BCUT2D eigenvalue weighted by atomic mass is 10.1. The van der Waals surface area contributed by atoms with Gasteiger partial charge < -0.3 is 15.2 Å². The lowest BCUT2D eigenvalue weighted by Gasteiger charge is -2.10. The Kier molecular flexibility index (Phi) is 10.1. The summed E-state index contributed by atoms with van der Waals surface area (Å²) in [4.78, 5) is 9.22. The van der Waals surface area contributed by atoms with Crippen LogP contribution in [-0.4, -0.2) is 29.2 Å². The van der Waals surface area contributed by atoms with Gasteiger partial charge in [-0.25, -0.2) is 9.98 Å². The average Bonchev–Trinajstić information content (AvgIpc) is 3.22. The van der Waals surface area contributed by atoms with Crippen molar-refractivity contribution < 1.29 is 4.52 Å². The van der Waals surface area contributed by atoms with Crippen molar-refractivity contribution in [1.82, 2.24) is 20.8 Å². The summed E-state index contributed by atoms with van der Waals surface area (Å²) in [6, 6.07) is 1.97. The summed E-state index contributed by atoms with van der Waals surface area (Å²) >= 11 is 1.73. The molecule has 0 fully saturated rings. The molecule has 0 aliphatic heterocycles. The van der Waals surface area contributed by atoms with Crippen LogP contribution in [0.4, 0.5) is 0 Å². The van der Waals surface area contributed by atoms with Crippen LogP contribution >= 0.6 is 35.3 Å². The van der Waals surface area contributed by atoms with Gasteiger partial charge in [0.15, 0.2) is 11.7 Å². The molecule has 2 aromatic heterocycles. The number of nitrogens with one attached hydrogen (secondary N) is 2. The number of guanidine groups is 1. The fraction of sp³-hybridized carbons (Fsp3) is 0.611. The van der Waals surface area contributed by atoms with Crippen LogP contribution < -0.4 is 10.6 Å². The summed E-state index contributed by atoms with van der Waals surface area (Å²) in [5, 5.41) is 14.0. The van der Waals surface area contributed by atoms with E-state index in [2.05, 4.69) is 65.8 Å². The highest BCUT2D eigenvalue weighted by molar-refractivity contribution is 14.0. The van der Waals surface area contributed by atoms with E-state index in [1.807, 2.05) is 6.07 Å². The molecule has 146 valence electrons. The number of hydrogen-bond donors (Lipinski definition) is 2. The van der Waals surface area contributed by atoms with Gasteiger partial charge in [0.1, 0.15) is 6.54 Å².